The summed E-state index contributed by atoms with van der Waals surface area (Å²) in [6.07, 6.45) is 2.37. The summed E-state index contributed by atoms with van der Waals surface area (Å²) in [5, 5.41) is 19.2. The Hall–Kier alpha value is -1.76. The van der Waals surface area contributed by atoms with Crippen molar-refractivity contribution in [3.05, 3.63) is 36.5 Å². The second kappa shape index (κ2) is 5.08. The van der Waals surface area contributed by atoms with E-state index < -0.39 is 0 Å². The predicted octanol–water partition coefficient (Wildman–Crippen LogP) is 1.07. The molecule has 2 heterocycles. The highest BCUT2D eigenvalue weighted by Crippen LogP contribution is 2.27. The van der Waals surface area contributed by atoms with Gasteiger partial charge in [0.2, 0.25) is 0 Å². The van der Waals surface area contributed by atoms with Crippen LogP contribution in [0.15, 0.2) is 36.5 Å². The standard InChI is InChI=1S/C13H16N4O2/c1-16-11(9-18)7-13(19-16)17-8-12(14-15-17)10-5-3-2-4-6-10/h2-6,8,11,13,18H,7,9H2,1H3/t11-,13-/m1/s1. The minimum absolute atomic E-state index is 0.00868. The Labute approximate surface area is 111 Å². The van der Waals surface area contributed by atoms with Crippen molar-refractivity contribution in [2.45, 2.75) is 18.7 Å². The summed E-state index contributed by atoms with van der Waals surface area (Å²) >= 11 is 0. The van der Waals surface area contributed by atoms with Crippen LogP contribution in [0.4, 0.5) is 0 Å². The summed E-state index contributed by atoms with van der Waals surface area (Å²) in [5.74, 6) is 0. The van der Waals surface area contributed by atoms with Crippen molar-refractivity contribution < 1.29 is 9.94 Å². The fourth-order valence-corrected chi connectivity index (χ4v) is 2.21. The van der Waals surface area contributed by atoms with Gasteiger partial charge in [-0.25, -0.2) is 4.68 Å². The number of aromatic nitrogens is 3. The van der Waals surface area contributed by atoms with Gasteiger partial charge in [0, 0.05) is 19.0 Å². The molecule has 0 aliphatic carbocycles. The Morgan fingerprint density at radius 1 is 1.37 bits per heavy atom. The van der Waals surface area contributed by atoms with E-state index in [-0.39, 0.29) is 18.9 Å². The number of rotatable bonds is 3. The van der Waals surface area contributed by atoms with E-state index in [0.29, 0.717) is 6.42 Å². The molecule has 0 spiro atoms. The Bertz CT molecular complexity index is 543. The van der Waals surface area contributed by atoms with Crippen molar-refractivity contribution >= 4 is 0 Å². The van der Waals surface area contributed by atoms with Gasteiger partial charge in [0.05, 0.1) is 18.8 Å². The van der Waals surface area contributed by atoms with Crippen molar-refractivity contribution in [3.63, 3.8) is 0 Å². The summed E-state index contributed by atoms with van der Waals surface area (Å²) < 4.78 is 1.70. The zero-order valence-corrected chi connectivity index (χ0v) is 10.7. The maximum absolute atomic E-state index is 9.22. The Morgan fingerprint density at radius 2 is 2.16 bits per heavy atom. The zero-order valence-electron chi connectivity index (χ0n) is 10.7. The third-order valence-corrected chi connectivity index (χ3v) is 3.36. The summed E-state index contributed by atoms with van der Waals surface area (Å²) in [6.45, 7) is 0.0766. The minimum Gasteiger partial charge on any atom is -0.395 e. The molecule has 3 rings (SSSR count). The van der Waals surface area contributed by atoms with Crippen LogP contribution in [-0.4, -0.2) is 44.9 Å². The first kappa shape index (κ1) is 12.3. The van der Waals surface area contributed by atoms with Crippen molar-refractivity contribution in [2.24, 2.45) is 0 Å². The molecule has 0 amide bonds. The second-order valence-electron chi connectivity index (χ2n) is 4.63. The van der Waals surface area contributed by atoms with Gasteiger partial charge in [0.1, 0.15) is 5.69 Å². The fraction of sp³-hybridized carbons (Fsp3) is 0.385. The number of benzene rings is 1. The number of hydroxylamine groups is 2. The topological polar surface area (TPSA) is 63.4 Å². The first-order valence-corrected chi connectivity index (χ1v) is 6.25. The molecular weight excluding hydrogens is 244 g/mol. The van der Waals surface area contributed by atoms with Gasteiger partial charge in [-0.15, -0.1) is 5.10 Å². The molecule has 6 nitrogen and oxygen atoms in total. The van der Waals surface area contributed by atoms with Crippen LogP contribution >= 0.6 is 0 Å². The number of likely N-dealkylation sites (N-methyl/N-ethyl adjacent to an activating group) is 1. The molecule has 1 N–H and O–H groups in total. The van der Waals surface area contributed by atoms with Crippen molar-refractivity contribution in [1.82, 2.24) is 20.1 Å². The number of aliphatic hydroxyl groups is 1. The molecule has 0 radical (unpaired) electrons. The van der Waals surface area contributed by atoms with E-state index in [1.165, 1.54) is 0 Å². The van der Waals surface area contributed by atoms with Crippen molar-refractivity contribution in [3.8, 4) is 11.3 Å². The summed E-state index contributed by atoms with van der Waals surface area (Å²) in [7, 11) is 1.82. The van der Waals surface area contributed by atoms with E-state index in [2.05, 4.69) is 10.3 Å². The maximum Gasteiger partial charge on any atom is 0.174 e. The molecule has 0 saturated carbocycles. The molecule has 1 aromatic heterocycles. The maximum atomic E-state index is 9.22. The van der Waals surface area contributed by atoms with E-state index in [9.17, 15) is 5.11 Å². The van der Waals surface area contributed by atoms with E-state index >= 15 is 0 Å². The molecule has 1 fully saturated rings. The summed E-state index contributed by atoms with van der Waals surface area (Å²) in [4.78, 5) is 5.63. The molecule has 1 aliphatic rings. The lowest BCUT2D eigenvalue weighted by Gasteiger charge is -2.13. The Morgan fingerprint density at radius 3 is 2.84 bits per heavy atom. The van der Waals surface area contributed by atoms with Gasteiger partial charge in [0.25, 0.3) is 0 Å². The third kappa shape index (κ3) is 2.37. The highest BCUT2D eigenvalue weighted by Gasteiger charge is 2.32. The van der Waals surface area contributed by atoms with Crippen LogP contribution in [0.2, 0.25) is 0 Å². The number of aliphatic hydroxyl groups excluding tert-OH is 1. The van der Waals surface area contributed by atoms with Gasteiger partial charge >= 0.3 is 0 Å². The van der Waals surface area contributed by atoms with Gasteiger partial charge in [-0.2, -0.15) is 5.06 Å². The number of nitrogens with zero attached hydrogens (tertiary/aromatic N) is 4. The highest BCUT2D eigenvalue weighted by molar-refractivity contribution is 5.57. The molecular formula is C13H16N4O2. The van der Waals surface area contributed by atoms with Gasteiger partial charge in [-0.3, -0.25) is 4.84 Å². The zero-order chi connectivity index (χ0) is 13.2. The molecule has 0 unspecified atom stereocenters. The molecule has 100 valence electrons. The third-order valence-electron chi connectivity index (χ3n) is 3.36. The molecule has 6 heteroatoms. The molecule has 1 aliphatic heterocycles. The van der Waals surface area contributed by atoms with Gasteiger partial charge < -0.3 is 5.11 Å². The van der Waals surface area contributed by atoms with Gasteiger partial charge in [-0.1, -0.05) is 35.5 Å². The van der Waals surface area contributed by atoms with Crippen LogP contribution in [0.1, 0.15) is 12.6 Å². The molecule has 0 bridgehead atoms. The second-order valence-corrected chi connectivity index (χ2v) is 4.63. The summed E-state index contributed by atoms with van der Waals surface area (Å²) in [5.41, 5.74) is 1.85. The van der Waals surface area contributed by atoms with E-state index in [0.717, 1.165) is 11.3 Å². The van der Waals surface area contributed by atoms with E-state index in [4.69, 9.17) is 4.84 Å². The van der Waals surface area contributed by atoms with Crippen LogP contribution < -0.4 is 0 Å². The quantitative estimate of drug-likeness (QED) is 0.894. The largest absolute Gasteiger partial charge is 0.395 e. The average molecular weight is 260 g/mol. The van der Waals surface area contributed by atoms with Crippen molar-refractivity contribution in [2.75, 3.05) is 13.7 Å². The Balaban J connectivity index is 1.79. The smallest absolute Gasteiger partial charge is 0.174 e. The van der Waals surface area contributed by atoms with Gasteiger partial charge in [0.15, 0.2) is 6.23 Å². The van der Waals surface area contributed by atoms with Crippen molar-refractivity contribution in [1.29, 1.82) is 0 Å². The summed E-state index contributed by atoms with van der Waals surface area (Å²) in [6, 6.07) is 9.90. The molecule has 19 heavy (non-hydrogen) atoms. The SMILES string of the molecule is CN1O[C@@H](n2cc(-c3ccccc3)nn2)C[C@@H]1CO. The van der Waals surface area contributed by atoms with E-state index in [1.807, 2.05) is 43.6 Å². The van der Waals surface area contributed by atoms with Crippen LogP contribution in [0.25, 0.3) is 11.3 Å². The van der Waals surface area contributed by atoms with E-state index in [1.54, 1.807) is 9.75 Å². The minimum atomic E-state index is -0.202. The molecule has 2 atom stereocenters. The number of hydrogen-bond donors (Lipinski definition) is 1. The first-order valence-electron chi connectivity index (χ1n) is 6.25. The van der Waals surface area contributed by atoms with Crippen LogP contribution in [-0.2, 0) is 4.84 Å². The number of hydrogen-bond acceptors (Lipinski definition) is 5. The van der Waals surface area contributed by atoms with Gasteiger partial charge in [-0.05, 0) is 0 Å². The lowest BCUT2D eigenvalue weighted by atomic mass is 10.2. The first-order chi connectivity index (χ1) is 9.28. The highest BCUT2D eigenvalue weighted by atomic mass is 16.7. The molecule has 1 saturated heterocycles. The van der Waals surface area contributed by atoms with Crippen LogP contribution in [0.5, 0.6) is 0 Å². The van der Waals surface area contributed by atoms with Crippen LogP contribution in [0.3, 0.4) is 0 Å². The fourth-order valence-electron chi connectivity index (χ4n) is 2.21. The lowest BCUT2D eigenvalue weighted by Crippen LogP contribution is -2.26. The monoisotopic (exact) mass is 260 g/mol. The normalized spacial score (nSPS) is 23.9. The predicted molar refractivity (Wildman–Crippen MR) is 68.8 cm³/mol. The molecule has 1 aromatic carbocycles. The average Bonchev–Trinajstić information content (AvgIpc) is 3.06. The molecule has 2 aromatic rings. The van der Waals surface area contributed by atoms with Crippen LogP contribution in [0, 0.1) is 0 Å². The Kier molecular flexibility index (Phi) is 3.29. The lowest BCUT2D eigenvalue weighted by molar-refractivity contribution is -0.172.